The minimum atomic E-state index is -0.694. The summed E-state index contributed by atoms with van der Waals surface area (Å²) in [4.78, 5) is 24.5. The normalized spacial score (nSPS) is 10.6. The van der Waals surface area contributed by atoms with Crippen LogP contribution in [0.15, 0.2) is 62.2 Å². The van der Waals surface area contributed by atoms with Gasteiger partial charge in [-0.25, -0.2) is 4.79 Å². The molecule has 24 heavy (non-hydrogen) atoms. The lowest BCUT2D eigenvalue weighted by atomic mass is 10.1. The van der Waals surface area contributed by atoms with Crippen LogP contribution in [0, 0.1) is 0 Å². The average Bonchev–Trinajstić information content (AvgIpc) is 2.56. The number of hydrogen-bond acceptors (Lipinski definition) is 4. The zero-order chi connectivity index (χ0) is 17.1. The van der Waals surface area contributed by atoms with Crippen molar-refractivity contribution in [1.29, 1.82) is 0 Å². The molecule has 122 valence electrons. The number of carbonyl (C=O) groups excluding carboxylic acids is 1. The quantitative estimate of drug-likeness (QED) is 0.680. The highest BCUT2D eigenvalue weighted by Crippen LogP contribution is 2.23. The summed E-state index contributed by atoms with van der Waals surface area (Å²) in [6.07, 6.45) is 0. The fourth-order valence-corrected chi connectivity index (χ4v) is 2.64. The SMILES string of the molecule is CCOc1ccc2cc(C(=O)Nc3ccccc3Br)c(=O)oc2c1. The van der Waals surface area contributed by atoms with E-state index in [0.29, 0.717) is 29.0 Å². The number of para-hydroxylation sites is 1. The van der Waals surface area contributed by atoms with Crippen molar-refractivity contribution in [2.24, 2.45) is 0 Å². The van der Waals surface area contributed by atoms with Crippen LogP contribution >= 0.6 is 15.9 Å². The molecule has 0 bridgehead atoms. The minimum absolute atomic E-state index is 0.0533. The zero-order valence-electron chi connectivity index (χ0n) is 12.8. The van der Waals surface area contributed by atoms with Crippen molar-refractivity contribution in [2.75, 3.05) is 11.9 Å². The van der Waals surface area contributed by atoms with Crippen LogP contribution in [-0.4, -0.2) is 12.5 Å². The molecular weight excluding hydrogens is 374 g/mol. The van der Waals surface area contributed by atoms with E-state index >= 15 is 0 Å². The van der Waals surface area contributed by atoms with Crippen molar-refractivity contribution in [3.8, 4) is 5.75 Å². The Kier molecular flexibility index (Phi) is 4.66. The summed E-state index contributed by atoms with van der Waals surface area (Å²) in [5, 5.41) is 3.34. The van der Waals surface area contributed by atoms with E-state index in [-0.39, 0.29) is 5.56 Å². The van der Waals surface area contributed by atoms with Crippen LogP contribution in [0.1, 0.15) is 17.3 Å². The van der Waals surface area contributed by atoms with Gasteiger partial charge in [0.2, 0.25) is 0 Å². The molecule has 0 aliphatic heterocycles. The summed E-state index contributed by atoms with van der Waals surface area (Å²) >= 11 is 3.35. The molecule has 2 aromatic carbocycles. The minimum Gasteiger partial charge on any atom is -0.494 e. The number of hydrogen-bond donors (Lipinski definition) is 1. The predicted octanol–water partition coefficient (Wildman–Crippen LogP) is 4.21. The molecule has 1 aromatic heterocycles. The maximum Gasteiger partial charge on any atom is 0.349 e. The summed E-state index contributed by atoms with van der Waals surface area (Å²) in [5.74, 6) is 0.0880. The molecule has 0 fully saturated rings. The Morgan fingerprint density at radius 2 is 2.00 bits per heavy atom. The lowest BCUT2D eigenvalue weighted by Gasteiger charge is -2.08. The number of carbonyl (C=O) groups is 1. The molecule has 3 rings (SSSR count). The molecule has 0 radical (unpaired) electrons. The van der Waals surface area contributed by atoms with Crippen LogP contribution < -0.4 is 15.7 Å². The van der Waals surface area contributed by atoms with E-state index in [4.69, 9.17) is 9.15 Å². The number of benzene rings is 2. The molecule has 0 spiro atoms. The van der Waals surface area contributed by atoms with Crippen molar-refractivity contribution in [3.63, 3.8) is 0 Å². The van der Waals surface area contributed by atoms with Gasteiger partial charge >= 0.3 is 5.63 Å². The molecule has 0 unspecified atom stereocenters. The fourth-order valence-electron chi connectivity index (χ4n) is 2.26. The maximum absolute atomic E-state index is 12.4. The average molecular weight is 388 g/mol. The van der Waals surface area contributed by atoms with E-state index in [1.807, 2.05) is 13.0 Å². The third-order valence-electron chi connectivity index (χ3n) is 3.39. The van der Waals surface area contributed by atoms with Gasteiger partial charge in [0.05, 0.1) is 12.3 Å². The topological polar surface area (TPSA) is 68.5 Å². The fraction of sp³-hybridized carbons (Fsp3) is 0.111. The highest BCUT2D eigenvalue weighted by Gasteiger charge is 2.15. The first kappa shape index (κ1) is 16.3. The molecule has 3 aromatic rings. The summed E-state index contributed by atoms with van der Waals surface area (Å²) in [6, 6.07) is 13.8. The van der Waals surface area contributed by atoms with Crippen LogP contribution in [0.25, 0.3) is 11.0 Å². The van der Waals surface area contributed by atoms with Crippen LogP contribution in [0.2, 0.25) is 0 Å². The molecular formula is C18H14BrNO4. The number of fused-ring (bicyclic) bond motifs is 1. The Balaban J connectivity index is 1.96. The number of halogens is 1. The Hall–Kier alpha value is -2.60. The van der Waals surface area contributed by atoms with E-state index in [1.54, 1.807) is 36.4 Å². The molecule has 0 atom stereocenters. The molecule has 0 saturated carbocycles. The highest BCUT2D eigenvalue weighted by molar-refractivity contribution is 9.10. The molecule has 0 aliphatic carbocycles. The Bertz CT molecular complexity index is 965. The van der Waals surface area contributed by atoms with E-state index in [2.05, 4.69) is 21.2 Å². The lowest BCUT2D eigenvalue weighted by Crippen LogP contribution is -2.20. The molecule has 5 nitrogen and oxygen atoms in total. The van der Waals surface area contributed by atoms with Crippen LogP contribution in [0.3, 0.4) is 0 Å². The number of rotatable bonds is 4. The molecule has 1 heterocycles. The van der Waals surface area contributed by atoms with E-state index in [1.165, 1.54) is 6.07 Å². The van der Waals surface area contributed by atoms with Crippen LogP contribution in [-0.2, 0) is 0 Å². The maximum atomic E-state index is 12.4. The second-order valence-corrected chi connectivity index (χ2v) is 5.87. The molecule has 0 saturated heterocycles. The number of amides is 1. The third kappa shape index (κ3) is 3.33. The van der Waals surface area contributed by atoms with E-state index in [0.717, 1.165) is 4.47 Å². The highest BCUT2D eigenvalue weighted by atomic mass is 79.9. The van der Waals surface area contributed by atoms with Crippen molar-refractivity contribution in [2.45, 2.75) is 6.92 Å². The van der Waals surface area contributed by atoms with Crippen LogP contribution in [0.4, 0.5) is 5.69 Å². The summed E-state index contributed by atoms with van der Waals surface area (Å²) < 4.78 is 11.4. The van der Waals surface area contributed by atoms with Gasteiger partial charge in [-0.15, -0.1) is 0 Å². The Morgan fingerprint density at radius 3 is 2.75 bits per heavy atom. The second kappa shape index (κ2) is 6.88. The first-order valence-electron chi connectivity index (χ1n) is 7.35. The van der Waals surface area contributed by atoms with Crippen molar-refractivity contribution < 1.29 is 13.9 Å². The Morgan fingerprint density at radius 1 is 1.21 bits per heavy atom. The predicted molar refractivity (Wildman–Crippen MR) is 95.7 cm³/mol. The third-order valence-corrected chi connectivity index (χ3v) is 4.08. The van der Waals surface area contributed by atoms with Crippen molar-refractivity contribution in [1.82, 2.24) is 0 Å². The molecule has 0 aliphatic rings. The zero-order valence-corrected chi connectivity index (χ0v) is 14.4. The first-order valence-corrected chi connectivity index (χ1v) is 8.14. The van der Waals surface area contributed by atoms with Gasteiger partial charge < -0.3 is 14.5 Å². The molecule has 6 heteroatoms. The van der Waals surface area contributed by atoms with E-state index < -0.39 is 11.5 Å². The number of anilines is 1. The molecule has 1 amide bonds. The summed E-state index contributed by atoms with van der Waals surface area (Å²) in [5.41, 5.74) is 0.209. The van der Waals surface area contributed by atoms with Crippen molar-refractivity contribution >= 4 is 38.5 Å². The van der Waals surface area contributed by atoms with Gasteiger partial charge in [0.1, 0.15) is 16.9 Å². The number of ether oxygens (including phenoxy) is 1. The van der Waals surface area contributed by atoms with Gasteiger partial charge in [-0.1, -0.05) is 12.1 Å². The second-order valence-electron chi connectivity index (χ2n) is 5.01. The molecule has 1 N–H and O–H groups in total. The first-order chi connectivity index (χ1) is 11.6. The largest absolute Gasteiger partial charge is 0.494 e. The van der Waals surface area contributed by atoms with Gasteiger partial charge in [0, 0.05) is 15.9 Å². The Labute approximate surface area is 146 Å². The van der Waals surface area contributed by atoms with E-state index in [9.17, 15) is 9.59 Å². The van der Waals surface area contributed by atoms with Gasteiger partial charge in [0.25, 0.3) is 5.91 Å². The smallest absolute Gasteiger partial charge is 0.349 e. The van der Waals surface area contributed by atoms with Gasteiger partial charge in [-0.2, -0.15) is 0 Å². The summed E-state index contributed by atoms with van der Waals surface area (Å²) in [7, 11) is 0. The number of nitrogens with one attached hydrogen (secondary N) is 1. The van der Waals surface area contributed by atoms with Gasteiger partial charge in [-0.3, -0.25) is 4.79 Å². The van der Waals surface area contributed by atoms with Gasteiger partial charge in [-0.05, 0) is 53.2 Å². The monoisotopic (exact) mass is 387 g/mol. The van der Waals surface area contributed by atoms with Crippen molar-refractivity contribution in [3.05, 3.63) is 69.0 Å². The standard InChI is InChI=1S/C18H14BrNO4/c1-2-23-12-8-7-11-9-13(18(22)24-16(11)10-12)17(21)20-15-6-4-3-5-14(15)19/h3-10H,2H2,1H3,(H,20,21). The summed E-state index contributed by atoms with van der Waals surface area (Å²) in [6.45, 7) is 2.39. The van der Waals surface area contributed by atoms with Gasteiger partial charge in [0.15, 0.2) is 0 Å². The lowest BCUT2D eigenvalue weighted by molar-refractivity contribution is 0.102. The van der Waals surface area contributed by atoms with Crippen LogP contribution in [0.5, 0.6) is 5.75 Å².